The van der Waals surface area contributed by atoms with Crippen LogP contribution in [0.4, 0.5) is 0 Å². The molecule has 0 amide bonds. The van der Waals surface area contributed by atoms with Crippen molar-refractivity contribution < 1.29 is 0 Å². The fourth-order valence-electron chi connectivity index (χ4n) is 2.26. The first-order valence-corrected chi connectivity index (χ1v) is 6.12. The molecule has 1 fully saturated rings. The topological polar surface area (TPSA) is 29.9 Å². The lowest BCUT2D eigenvalue weighted by Crippen LogP contribution is -2.28. The molecule has 1 aliphatic rings. The second-order valence-electron chi connectivity index (χ2n) is 4.13. The summed E-state index contributed by atoms with van der Waals surface area (Å²) in [6.07, 6.45) is 5.24. The van der Waals surface area contributed by atoms with Crippen molar-refractivity contribution in [2.75, 3.05) is 13.1 Å². The highest BCUT2D eigenvalue weighted by Crippen LogP contribution is 2.30. The molecule has 0 bridgehead atoms. The van der Waals surface area contributed by atoms with Crippen LogP contribution in [0.15, 0.2) is 6.20 Å². The number of aromatic nitrogens is 2. The van der Waals surface area contributed by atoms with Crippen LogP contribution in [0.2, 0.25) is 5.02 Å². The molecule has 0 atom stereocenters. The summed E-state index contributed by atoms with van der Waals surface area (Å²) in [6.45, 7) is 5.34. The molecule has 0 unspecified atom stereocenters. The van der Waals surface area contributed by atoms with Crippen LogP contribution in [0.1, 0.15) is 37.8 Å². The zero-order valence-electron chi connectivity index (χ0n) is 9.17. The van der Waals surface area contributed by atoms with Gasteiger partial charge in [0.25, 0.3) is 0 Å². The van der Waals surface area contributed by atoms with Gasteiger partial charge in [-0.25, -0.2) is 0 Å². The molecule has 0 radical (unpaired) electrons. The molecule has 2 rings (SSSR count). The van der Waals surface area contributed by atoms with Crippen LogP contribution in [-0.4, -0.2) is 22.9 Å². The predicted molar refractivity (Wildman–Crippen MR) is 62.4 cm³/mol. The van der Waals surface area contributed by atoms with Crippen LogP contribution >= 0.6 is 11.6 Å². The Morgan fingerprint density at radius 3 is 2.93 bits per heavy atom. The number of hydrogen-bond acceptors (Lipinski definition) is 2. The van der Waals surface area contributed by atoms with Crippen molar-refractivity contribution in [3.8, 4) is 0 Å². The minimum absolute atomic E-state index is 0.591. The maximum Gasteiger partial charge on any atom is 0.0820 e. The third-order valence-corrected chi connectivity index (χ3v) is 3.29. The molecule has 3 nitrogen and oxygen atoms in total. The maximum absolute atomic E-state index is 6.21. The number of halogens is 1. The number of rotatable bonds is 3. The number of hydrogen-bond donors (Lipinski definition) is 1. The van der Waals surface area contributed by atoms with Gasteiger partial charge in [-0.15, -0.1) is 0 Å². The molecule has 4 heteroatoms. The van der Waals surface area contributed by atoms with Crippen molar-refractivity contribution in [2.24, 2.45) is 0 Å². The number of nitrogens with zero attached hydrogens (tertiary/aromatic N) is 2. The lowest BCUT2D eigenvalue weighted by Gasteiger charge is -2.23. The Kier molecular flexibility index (Phi) is 3.65. The number of aryl methyl sites for hydroxylation is 1. The molecule has 0 aliphatic carbocycles. The van der Waals surface area contributed by atoms with Crippen LogP contribution in [0, 0.1) is 0 Å². The van der Waals surface area contributed by atoms with E-state index in [0.29, 0.717) is 5.92 Å². The molecule has 0 spiro atoms. The highest BCUT2D eigenvalue weighted by molar-refractivity contribution is 6.31. The quantitative estimate of drug-likeness (QED) is 0.860. The molecular weight excluding hydrogens is 210 g/mol. The van der Waals surface area contributed by atoms with Crippen LogP contribution in [0.25, 0.3) is 0 Å². The van der Waals surface area contributed by atoms with Gasteiger partial charge in [-0.2, -0.15) is 5.10 Å². The summed E-state index contributed by atoms with van der Waals surface area (Å²) in [6, 6.07) is 0. The third kappa shape index (κ3) is 2.34. The lowest BCUT2D eigenvalue weighted by atomic mass is 9.94. The molecule has 1 aromatic heterocycles. The summed E-state index contributed by atoms with van der Waals surface area (Å²) in [5, 5.41) is 8.56. The van der Waals surface area contributed by atoms with E-state index in [4.69, 9.17) is 11.6 Å². The SMILES string of the molecule is CCCn1ncc(Cl)c1C1CCNCC1. The van der Waals surface area contributed by atoms with Gasteiger partial charge in [0, 0.05) is 12.5 Å². The fourth-order valence-corrected chi connectivity index (χ4v) is 2.56. The molecule has 1 saturated heterocycles. The van der Waals surface area contributed by atoms with Gasteiger partial charge in [-0.3, -0.25) is 4.68 Å². The summed E-state index contributed by atoms with van der Waals surface area (Å²) >= 11 is 6.21. The molecule has 15 heavy (non-hydrogen) atoms. The molecule has 0 aromatic carbocycles. The predicted octanol–water partition coefficient (Wildman–Crippen LogP) is 2.41. The summed E-state index contributed by atoms with van der Waals surface area (Å²) in [4.78, 5) is 0. The Bertz CT molecular complexity index is 316. The first-order chi connectivity index (χ1) is 7.33. The van der Waals surface area contributed by atoms with Gasteiger partial charge >= 0.3 is 0 Å². The number of piperidine rings is 1. The third-order valence-electron chi connectivity index (χ3n) is 2.99. The first kappa shape index (κ1) is 11.0. The normalized spacial score (nSPS) is 18.3. The molecule has 1 aliphatic heterocycles. The Balaban J connectivity index is 2.19. The molecule has 84 valence electrons. The van der Waals surface area contributed by atoms with Crippen molar-refractivity contribution in [3.05, 3.63) is 16.9 Å². The first-order valence-electron chi connectivity index (χ1n) is 5.75. The van der Waals surface area contributed by atoms with Crippen molar-refractivity contribution in [2.45, 2.75) is 38.6 Å². The van der Waals surface area contributed by atoms with Crippen molar-refractivity contribution in [1.82, 2.24) is 15.1 Å². The lowest BCUT2D eigenvalue weighted by molar-refractivity contribution is 0.428. The average Bonchev–Trinajstić information content (AvgIpc) is 2.62. The molecule has 2 heterocycles. The van der Waals surface area contributed by atoms with Crippen molar-refractivity contribution in [1.29, 1.82) is 0 Å². The van der Waals surface area contributed by atoms with E-state index in [0.717, 1.165) is 31.1 Å². The van der Waals surface area contributed by atoms with Gasteiger partial charge in [-0.1, -0.05) is 18.5 Å². The molecule has 0 saturated carbocycles. The van der Waals surface area contributed by atoms with E-state index in [9.17, 15) is 0 Å². The Morgan fingerprint density at radius 2 is 2.27 bits per heavy atom. The van der Waals surface area contributed by atoms with Gasteiger partial charge in [0.15, 0.2) is 0 Å². The molecule has 1 aromatic rings. The van der Waals surface area contributed by atoms with E-state index in [-0.39, 0.29) is 0 Å². The van der Waals surface area contributed by atoms with Gasteiger partial charge in [-0.05, 0) is 32.4 Å². The van der Waals surface area contributed by atoms with Crippen LogP contribution in [0.3, 0.4) is 0 Å². The van der Waals surface area contributed by atoms with Crippen molar-refractivity contribution >= 4 is 11.6 Å². The Morgan fingerprint density at radius 1 is 1.53 bits per heavy atom. The summed E-state index contributed by atoms with van der Waals surface area (Å²) < 4.78 is 2.08. The molecule has 1 N–H and O–H groups in total. The number of nitrogens with one attached hydrogen (secondary N) is 1. The van der Waals surface area contributed by atoms with E-state index in [1.807, 2.05) is 0 Å². The van der Waals surface area contributed by atoms with E-state index in [1.54, 1.807) is 6.20 Å². The standard InChI is InChI=1S/C11H18ClN3/c1-2-7-15-11(10(12)8-14-15)9-3-5-13-6-4-9/h8-9,13H,2-7H2,1H3. The fraction of sp³-hybridized carbons (Fsp3) is 0.727. The van der Waals surface area contributed by atoms with E-state index < -0.39 is 0 Å². The second-order valence-corrected chi connectivity index (χ2v) is 4.53. The zero-order chi connectivity index (χ0) is 10.7. The van der Waals surface area contributed by atoms with Gasteiger partial charge in [0.2, 0.25) is 0 Å². The van der Waals surface area contributed by atoms with E-state index in [1.165, 1.54) is 18.5 Å². The van der Waals surface area contributed by atoms with Gasteiger partial charge in [0.1, 0.15) is 0 Å². The van der Waals surface area contributed by atoms with Gasteiger partial charge in [0.05, 0.1) is 16.9 Å². The summed E-state index contributed by atoms with van der Waals surface area (Å²) in [5.74, 6) is 0.591. The highest BCUT2D eigenvalue weighted by Gasteiger charge is 2.21. The van der Waals surface area contributed by atoms with Crippen LogP contribution < -0.4 is 5.32 Å². The smallest absolute Gasteiger partial charge is 0.0820 e. The second kappa shape index (κ2) is 4.99. The monoisotopic (exact) mass is 227 g/mol. The average molecular weight is 228 g/mol. The maximum atomic E-state index is 6.21. The Labute approximate surface area is 95.8 Å². The van der Waals surface area contributed by atoms with Crippen molar-refractivity contribution in [3.63, 3.8) is 0 Å². The highest BCUT2D eigenvalue weighted by atomic mass is 35.5. The van der Waals surface area contributed by atoms with E-state index >= 15 is 0 Å². The minimum Gasteiger partial charge on any atom is -0.317 e. The van der Waals surface area contributed by atoms with Gasteiger partial charge < -0.3 is 5.32 Å². The minimum atomic E-state index is 0.591. The Hall–Kier alpha value is -0.540. The van der Waals surface area contributed by atoms with E-state index in [2.05, 4.69) is 22.0 Å². The summed E-state index contributed by atoms with van der Waals surface area (Å²) in [7, 11) is 0. The summed E-state index contributed by atoms with van der Waals surface area (Å²) in [5.41, 5.74) is 1.25. The van der Waals surface area contributed by atoms with Crippen LogP contribution in [-0.2, 0) is 6.54 Å². The molecular formula is C11H18ClN3. The zero-order valence-corrected chi connectivity index (χ0v) is 9.93. The van der Waals surface area contributed by atoms with Crippen LogP contribution in [0.5, 0.6) is 0 Å². The largest absolute Gasteiger partial charge is 0.317 e.